The summed E-state index contributed by atoms with van der Waals surface area (Å²) in [6.07, 6.45) is 0. The first-order valence-corrected chi connectivity index (χ1v) is 6.93. The molecule has 0 radical (unpaired) electrons. The zero-order valence-corrected chi connectivity index (χ0v) is 12.3. The Balaban J connectivity index is 1.90. The molecule has 1 saturated heterocycles. The van der Waals surface area contributed by atoms with Gasteiger partial charge >= 0.3 is 0 Å². The molecule has 0 saturated carbocycles. The number of amides is 1. The van der Waals surface area contributed by atoms with Crippen LogP contribution in [0.3, 0.4) is 0 Å². The van der Waals surface area contributed by atoms with E-state index < -0.39 is 0 Å². The van der Waals surface area contributed by atoms with Crippen molar-refractivity contribution in [3.8, 4) is 5.75 Å². The average Bonchev–Trinajstić information content (AvgIpc) is 2.45. The molecule has 1 unspecified atom stereocenters. The van der Waals surface area contributed by atoms with Crippen LogP contribution < -0.4 is 15.4 Å². The highest BCUT2D eigenvalue weighted by molar-refractivity contribution is 9.10. The van der Waals surface area contributed by atoms with Gasteiger partial charge in [-0.3, -0.25) is 4.79 Å². The number of hydrogen-bond donors (Lipinski definition) is 2. The summed E-state index contributed by atoms with van der Waals surface area (Å²) in [4.78, 5) is 12.0. The number of hydrogen-bond acceptors (Lipinski definition) is 4. The number of carbonyl (C=O) groups is 1. The monoisotopic (exact) mass is 328 g/mol. The Morgan fingerprint density at radius 1 is 1.63 bits per heavy atom. The second-order valence-electron chi connectivity index (χ2n) is 4.29. The molecule has 0 aliphatic carbocycles. The topological polar surface area (TPSA) is 59.6 Å². The molecule has 0 aromatic heterocycles. The van der Waals surface area contributed by atoms with E-state index in [9.17, 15) is 4.79 Å². The second kappa shape index (κ2) is 6.88. The zero-order chi connectivity index (χ0) is 13.7. The number of benzene rings is 1. The Bertz CT molecular complexity index is 448. The summed E-state index contributed by atoms with van der Waals surface area (Å²) in [5.41, 5.74) is 0.601. The van der Waals surface area contributed by atoms with E-state index in [1.807, 2.05) is 0 Å². The van der Waals surface area contributed by atoms with Crippen molar-refractivity contribution in [1.29, 1.82) is 0 Å². The summed E-state index contributed by atoms with van der Waals surface area (Å²) < 4.78 is 11.2. The molecule has 1 fully saturated rings. The molecule has 1 amide bonds. The van der Waals surface area contributed by atoms with Crippen LogP contribution in [0, 0.1) is 0 Å². The van der Waals surface area contributed by atoms with Crippen molar-refractivity contribution in [1.82, 2.24) is 10.6 Å². The molecule has 104 valence electrons. The third-order valence-electron chi connectivity index (χ3n) is 2.92. The van der Waals surface area contributed by atoms with Gasteiger partial charge in [0.05, 0.1) is 24.8 Å². The zero-order valence-electron chi connectivity index (χ0n) is 10.7. The molecule has 1 aliphatic heterocycles. The molecular formula is C13H17BrN2O3. The highest BCUT2D eigenvalue weighted by atomic mass is 79.9. The van der Waals surface area contributed by atoms with Gasteiger partial charge in [0.15, 0.2) is 0 Å². The van der Waals surface area contributed by atoms with Crippen molar-refractivity contribution in [2.45, 2.75) is 6.04 Å². The van der Waals surface area contributed by atoms with Crippen LogP contribution in [0.25, 0.3) is 0 Å². The molecule has 1 atom stereocenters. The summed E-state index contributed by atoms with van der Waals surface area (Å²) in [6.45, 7) is 2.75. The smallest absolute Gasteiger partial charge is 0.251 e. The summed E-state index contributed by atoms with van der Waals surface area (Å²) >= 11 is 3.37. The first-order valence-electron chi connectivity index (χ1n) is 6.13. The highest BCUT2D eigenvalue weighted by Crippen LogP contribution is 2.25. The van der Waals surface area contributed by atoms with Crippen LogP contribution in [0.5, 0.6) is 5.75 Å². The number of methoxy groups -OCH3 is 1. The van der Waals surface area contributed by atoms with Crippen LogP contribution in [0.2, 0.25) is 0 Å². The van der Waals surface area contributed by atoms with E-state index in [0.29, 0.717) is 24.5 Å². The standard InChI is InChI=1S/C13H17BrN2O3/c1-18-12-3-2-9(6-11(12)14)13(17)16-7-10-8-19-5-4-15-10/h2-3,6,10,15H,4-5,7-8H2,1H3,(H,16,17). The lowest BCUT2D eigenvalue weighted by Gasteiger charge is -2.23. The molecule has 2 rings (SSSR count). The Kier molecular flexibility index (Phi) is 5.18. The molecule has 1 heterocycles. The number of halogens is 1. The van der Waals surface area contributed by atoms with Crippen LogP contribution in [0.15, 0.2) is 22.7 Å². The maximum absolute atomic E-state index is 12.0. The Morgan fingerprint density at radius 3 is 3.11 bits per heavy atom. The lowest BCUT2D eigenvalue weighted by Crippen LogP contribution is -2.48. The van der Waals surface area contributed by atoms with Crippen LogP contribution in [-0.4, -0.2) is 45.4 Å². The normalized spacial score (nSPS) is 18.9. The molecule has 19 heavy (non-hydrogen) atoms. The maximum atomic E-state index is 12.0. The number of rotatable bonds is 4. The van der Waals surface area contributed by atoms with Gasteiger partial charge in [0.2, 0.25) is 0 Å². The molecule has 0 bridgehead atoms. The van der Waals surface area contributed by atoms with Gasteiger partial charge in [-0.1, -0.05) is 0 Å². The van der Waals surface area contributed by atoms with Gasteiger partial charge in [0, 0.05) is 24.7 Å². The third kappa shape index (κ3) is 3.92. The van der Waals surface area contributed by atoms with Crippen LogP contribution in [-0.2, 0) is 4.74 Å². The first-order chi connectivity index (χ1) is 9.20. The van der Waals surface area contributed by atoms with Crippen molar-refractivity contribution in [3.63, 3.8) is 0 Å². The Hall–Kier alpha value is -1.11. The fourth-order valence-electron chi connectivity index (χ4n) is 1.88. The fourth-order valence-corrected chi connectivity index (χ4v) is 2.42. The molecular weight excluding hydrogens is 312 g/mol. The summed E-state index contributed by atoms with van der Waals surface area (Å²) in [7, 11) is 1.59. The van der Waals surface area contributed by atoms with Gasteiger partial charge in [0.25, 0.3) is 5.91 Å². The summed E-state index contributed by atoms with van der Waals surface area (Å²) in [6, 6.07) is 5.43. The Labute approximate surface area is 120 Å². The lowest BCUT2D eigenvalue weighted by atomic mass is 10.2. The second-order valence-corrected chi connectivity index (χ2v) is 5.14. The van der Waals surface area contributed by atoms with E-state index in [2.05, 4.69) is 26.6 Å². The van der Waals surface area contributed by atoms with Crippen LogP contribution in [0.4, 0.5) is 0 Å². The van der Waals surface area contributed by atoms with Gasteiger partial charge in [-0.25, -0.2) is 0 Å². The minimum absolute atomic E-state index is 0.101. The summed E-state index contributed by atoms with van der Waals surface area (Å²) in [5.74, 6) is 0.606. The third-order valence-corrected chi connectivity index (χ3v) is 3.54. The number of ether oxygens (including phenoxy) is 2. The minimum atomic E-state index is -0.101. The van der Waals surface area contributed by atoms with Crippen molar-refractivity contribution in [3.05, 3.63) is 28.2 Å². The predicted octanol–water partition coefficient (Wildman–Crippen LogP) is 1.18. The van der Waals surface area contributed by atoms with Crippen molar-refractivity contribution < 1.29 is 14.3 Å². The average molecular weight is 329 g/mol. The van der Waals surface area contributed by atoms with E-state index in [-0.39, 0.29) is 11.9 Å². The van der Waals surface area contributed by atoms with E-state index >= 15 is 0 Å². The molecule has 1 aliphatic rings. The minimum Gasteiger partial charge on any atom is -0.496 e. The Morgan fingerprint density at radius 2 is 2.47 bits per heavy atom. The van der Waals surface area contributed by atoms with Crippen molar-refractivity contribution in [2.75, 3.05) is 33.4 Å². The molecule has 1 aromatic carbocycles. The van der Waals surface area contributed by atoms with Gasteiger partial charge in [0.1, 0.15) is 5.75 Å². The molecule has 1 aromatic rings. The highest BCUT2D eigenvalue weighted by Gasteiger charge is 2.15. The van der Waals surface area contributed by atoms with Crippen molar-refractivity contribution in [2.24, 2.45) is 0 Å². The fraction of sp³-hybridized carbons (Fsp3) is 0.462. The maximum Gasteiger partial charge on any atom is 0.251 e. The van der Waals surface area contributed by atoms with Gasteiger partial charge < -0.3 is 20.1 Å². The van der Waals surface area contributed by atoms with Crippen molar-refractivity contribution >= 4 is 21.8 Å². The number of carbonyl (C=O) groups excluding carboxylic acids is 1. The molecule has 5 nitrogen and oxygen atoms in total. The van der Waals surface area contributed by atoms with Crippen LogP contribution >= 0.6 is 15.9 Å². The predicted molar refractivity (Wildman–Crippen MR) is 75.6 cm³/mol. The molecule has 6 heteroatoms. The van der Waals surface area contributed by atoms with E-state index in [0.717, 1.165) is 17.6 Å². The van der Waals surface area contributed by atoms with E-state index in [1.54, 1.807) is 25.3 Å². The number of morpholine rings is 1. The quantitative estimate of drug-likeness (QED) is 0.871. The van der Waals surface area contributed by atoms with Gasteiger partial charge in [-0.15, -0.1) is 0 Å². The van der Waals surface area contributed by atoms with Crippen LogP contribution in [0.1, 0.15) is 10.4 Å². The largest absolute Gasteiger partial charge is 0.496 e. The SMILES string of the molecule is COc1ccc(C(=O)NCC2COCCN2)cc1Br. The molecule has 2 N–H and O–H groups in total. The van der Waals surface area contributed by atoms with Gasteiger partial charge in [-0.05, 0) is 34.1 Å². The van der Waals surface area contributed by atoms with E-state index in [4.69, 9.17) is 9.47 Å². The lowest BCUT2D eigenvalue weighted by molar-refractivity contribution is 0.0734. The van der Waals surface area contributed by atoms with E-state index in [1.165, 1.54) is 0 Å². The molecule has 0 spiro atoms. The van der Waals surface area contributed by atoms with Gasteiger partial charge in [-0.2, -0.15) is 0 Å². The number of nitrogens with one attached hydrogen (secondary N) is 2. The first kappa shape index (κ1) is 14.3. The summed E-state index contributed by atoms with van der Waals surface area (Å²) in [5, 5.41) is 6.18.